The Balaban J connectivity index is 2.02. The van der Waals surface area contributed by atoms with Crippen LogP contribution in [-0.2, 0) is 10.0 Å². The van der Waals surface area contributed by atoms with Gasteiger partial charge < -0.3 is 15.7 Å². The fraction of sp³-hybridized carbons (Fsp3) is 0.524. The molecule has 2 aromatic rings. The third-order valence-electron chi connectivity index (χ3n) is 4.81. The number of hydrogen-bond donors (Lipinski definition) is 4. The zero-order valence-corrected chi connectivity index (χ0v) is 21.5. The Morgan fingerprint density at radius 1 is 1.09 bits per heavy atom. The number of sulfonamides is 1. The molecule has 0 aliphatic rings. The van der Waals surface area contributed by atoms with E-state index in [1.807, 2.05) is 6.92 Å². The van der Waals surface area contributed by atoms with Gasteiger partial charge in [-0.25, -0.2) is 18.1 Å². The molecule has 0 saturated heterocycles. The van der Waals surface area contributed by atoms with Crippen molar-refractivity contribution < 1.29 is 13.5 Å². The van der Waals surface area contributed by atoms with Gasteiger partial charge in [-0.15, -0.1) is 0 Å². The first-order valence-corrected chi connectivity index (χ1v) is 12.8. The van der Waals surface area contributed by atoms with Crippen LogP contribution in [0.1, 0.15) is 34.6 Å². The van der Waals surface area contributed by atoms with Crippen LogP contribution in [0, 0.1) is 0 Å². The van der Waals surface area contributed by atoms with Crippen LogP contribution in [0.4, 0.5) is 17.5 Å². The maximum absolute atomic E-state index is 12.6. The minimum absolute atomic E-state index is 0.0316. The van der Waals surface area contributed by atoms with Crippen LogP contribution >= 0.6 is 15.9 Å². The van der Waals surface area contributed by atoms with E-state index in [1.165, 1.54) is 0 Å². The number of nitrogens with one attached hydrogen (secondary N) is 3. The fourth-order valence-corrected chi connectivity index (χ4v) is 4.49. The molecule has 9 nitrogen and oxygen atoms in total. The predicted molar refractivity (Wildman–Crippen MR) is 132 cm³/mol. The van der Waals surface area contributed by atoms with Gasteiger partial charge >= 0.3 is 0 Å². The SMILES string of the molecule is CC(C)N(CCNS(=O)(=O)c1ccc(Nc2ncc(Br)c(N[C@H](C)CO)n2)cc1)C(C)C. The van der Waals surface area contributed by atoms with Gasteiger partial charge in [-0.2, -0.15) is 4.98 Å². The normalized spacial score (nSPS) is 13.1. The maximum atomic E-state index is 12.6. The number of aromatic nitrogens is 2. The molecule has 178 valence electrons. The van der Waals surface area contributed by atoms with E-state index in [0.29, 0.717) is 47.1 Å². The third kappa shape index (κ3) is 7.66. The summed E-state index contributed by atoms with van der Waals surface area (Å²) in [5.74, 6) is 0.890. The molecule has 1 aromatic carbocycles. The highest BCUT2D eigenvalue weighted by atomic mass is 79.9. The molecule has 0 aliphatic heterocycles. The van der Waals surface area contributed by atoms with Gasteiger partial charge in [0.1, 0.15) is 5.82 Å². The van der Waals surface area contributed by atoms with Crippen molar-refractivity contribution in [3.63, 3.8) is 0 Å². The first-order chi connectivity index (χ1) is 15.0. The van der Waals surface area contributed by atoms with Crippen molar-refractivity contribution in [3.05, 3.63) is 34.9 Å². The lowest BCUT2D eigenvalue weighted by Gasteiger charge is -2.30. The molecule has 11 heteroatoms. The van der Waals surface area contributed by atoms with Gasteiger partial charge in [-0.05, 0) is 74.8 Å². The molecular weight excluding hydrogens is 496 g/mol. The van der Waals surface area contributed by atoms with Gasteiger partial charge in [0.15, 0.2) is 0 Å². The summed E-state index contributed by atoms with van der Waals surface area (Å²) in [7, 11) is -3.60. The second kappa shape index (κ2) is 11.9. The average molecular weight is 530 g/mol. The number of benzene rings is 1. The molecule has 0 amide bonds. The zero-order valence-electron chi connectivity index (χ0n) is 19.1. The lowest BCUT2D eigenvalue weighted by Crippen LogP contribution is -2.42. The molecule has 0 aliphatic carbocycles. The standard InChI is InChI=1S/C21H33BrN6O3S/c1-14(2)28(15(3)4)11-10-24-32(30,31)18-8-6-17(7-9-18)26-21-23-12-19(22)20(27-21)25-16(5)13-29/h6-9,12,14-16,24,29H,10-11,13H2,1-5H3,(H2,23,25,26,27)/t16-/m1/s1. The van der Waals surface area contributed by atoms with E-state index < -0.39 is 10.0 Å². The third-order valence-corrected chi connectivity index (χ3v) is 6.87. The van der Waals surface area contributed by atoms with Crippen molar-refractivity contribution in [2.75, 3.05) is 30.3 Å². The predicted octanol–water partition coefficient (Wildman–Crippen LogP) is 3.17. The summed E-state index contributed by atoms with van der Waals surface area (Å²) >= 11 is 3.38. The van der Waals surface area contributed by atoms with Crippen LogP contribution in [0.5, 0.6) is 0 Å². The Labute approximate surface area is 199 Å². The number of anilines is 3. The van der Waals surface area contributed by atoms with E-state index >= 15 is 0 Å². The minimum Gasteiger partial charge on any atom is -0.394 e. The lowest BCUT2D eigenvalue weighted by molar-refractivity contribution is 0.179. The van der Waals surface area contributed by atoms with Gasteiger partial charge in [-0.3, -0.25) is 4.90 Å². The summed E-state index contributed by atoms with van der Waals surface area (Å²) in [6, 6.07) is 6.93. The number of halogens is 1. The maximum Gasteiger partial charge on any atom is 0.240 e. The molecule has 0 unspecified atom stereocenters. The number of rotatable bonds is 12. The first-order valence-electron chi connectivity index (χ1n) is 10.6. The number of nitrogens with zero attached hydrogens (tertiary/aromatic N) is 3. The Morgan fingerprint density at radius 2 is 1.72 bits per heavy atom. The molecular formula is C21H33BrN6O3S. The molecule has 0 bridgehead atoms. The quantitative estimate of drug-likeness (QED) is 0.331. The van der Waals surface area contributed by atoms with E-state index in [2.05, 4.69) is 73.8 Å². The van der Waals surface area contributed by atoms with Gasteiger partial charge in [0, 0.05) is 43.1 Å². The Morgan fingerprint density at radius 3 is 2.28 bits per heavy atom. The molecule has 0 saturated carbocycles. The molecule has 4 N–H and O–H groups in total. The summed E-state index contributed by atoms with van der Waals surface area (Å²) in [5.41, 5.74) is 0.651. The van der Waals surface area contributed by atoms with Crippen molar-refractivity contribution in [3.8, 4) is 0 Å². The smallest absolute Gasteiger partial charge is 0.240 e. The highest BCUT2D eigenvalue weighted by Gasteiger charge is 2.17. The minimum atomic E-state index is -3.60. The van der Waals surface area contributed by atoms with Gasteiger partial charge in [0.25, 0.3) is 0 Å². The summed E-state index contributed by atoms with van der Waals surface area (Å²) in [6.45, 7) is 11.2. The molecule has 2 rings (SSSR count). The summed E-state index contributed by atoms with van der Waals surface area (Å²) in [6.07, 6.45) is 1.60. The van der Waals surface area contributed by atoms with Crippen molar-refractivity contribution in [2.24, 2.45) is 0 Å². The second-order valence-corrected chi connectivity index (χ2v) is 10.7. The summed E-state index contributed by atoms with van der Waals surface area (Å²) in [4.78, 5) is 11.0. The first kappa shape index (κ1) is 26.5. The van der Waals surface area contributed by atoms with Crippen LogP contribution < -0.4 is 15.4 Å². The van der Waals surface area contributed by atoms with E-state index in [1.54, 1.807) is 30.5 Å². The largest absolute Gasteiger partial charge is 0.394 e. The molecule has 0 spiro atoms. The number of aliphatic hydroxyl groups is 1. The second-order valence-electron chi connectivity index (χ2n) is 8.09. The van der Waals surface area contributed by atoms with Crippen LogP contribution in [-0.4, -0.2) is 66.2 Å². The molecule has 1 aromatic heterocycles. The van der Waals surface area contributed by atoms with Crippen molar-refractivity contribution in [1.29, 1.82) is 0 Å². The summed E-state index contributed by atoms with van der Waals surface area (Å²) < 4.78 is 28.6. The monoisotopic (exact) mass is 528 g/mol. The molecule has 1 heterocycles. The van der Waals surface area contributed by atoms with Crippen molar-refractivity contribution >= 4 is 43.4 Å². The fourth-order valence-electron chi connectivity index (χ4n) is 3.16. The van der Waals surface area contributed by atoms with Gasteiger partial charge in [0.05, 0.1) is 16.0 Å². The molecule has 1 atom stereocenters. The molecule has 0 radical (unpaired) electrons. The highest BCUT2D eigenvalue weighted by molar-refractivity contribution is 9.10. The van der Waals surface area contributed by atoms with Crippen LogP contribution in [0.25, 0.3) is 0 Å². The Hall–Kier alpha value is -1.79. The average Bonchev–Trinajstić information content (AvgIpc) is 2.73. The topological polar surface area (TPSA) is 119 Å². The summed E-state index contributed by atoms with van der Waals surface area (Å²) in [5, 5.41) is 15.4. The zero-order chi connectivity index (χ0) is 23.9. The van der Waals surface area contributed by atoms with E-state index in [-0.39, 0.29) is 17.5 Å². The van der Waals surface area contributed by atoms with E-state index in [9.17, 15) is 13.5 Å². The van der Waals surface area contributed by atoms with Crippen LogP contribution in [0.2, 0.25) is 0 Å². The number of hydrogen-bond acceptors (Lipinski definition) is 8. The Kier molecular flexibility index (Phi) is 9.83. The number of aliphatic hydroxyl groups excluding tert-OH is 1. The Bertz CT molecular complexity index is 962. The van der Waals surface area contributed by atoms with Crippen molar-refractivity contribution in [1.82, 2.24) is 19.6 Å². The van der Waals surface area contributed by atoms with E-state index in [4.69, 9.17) is 0 Å². The van der Waals surface area contributed by atoms with Gasteiger partial charge in [0.2, 0.25) is 16.0 Å². The van der Waals surface area contributed by atoms with Crippen LogP contribution in [0.3, 0.4) is 0 Å². The molecule has 32 heavy (non-hydrogen) atoms. The molecule has 0 fully saturated rings. The highest BCUT2D eigenvalue weighted by Crippen LogP contribution is 2.23. The van der Waals surface area contributed by atoms with E-state index in [0.717, 1.165) is 0 Å². The van der Waals surface area contributed by atoms with Crippen molar-refractivity contribution in [2.45, 2.75) is 57.6 Å². The van der Waals surface area contributed by atoms with Gasteiger partial charge in [-0.1, -0.05) is 0 Å². The van der Waals surface area contributed by atoms with Crippen LogP contribution in [0.15, 0.2) is 39.8 Å². The lowest BCUT2D eigenvalue weighted by atomic mass is 10.2.